The lowest BCUT2D eigenvalue weighted by Gasteiger charge is -2.01. The van der Waals surface area contributed by atoms with E-state index in [1.165, 1.54) is 6.07 Å². The third-order valence-electron chi connectivity index (χ3n) is 2.63. The zero-order chi connectivity index (χ0) is 10.4. The van der Waals surface area contributed by atoms with Gasteiger partial charge in [-0.25, -0.2) is 4.79 Å². The van der Waals surface area contributed by atoms with Crippen molar-refractivity contribution in [1.29, 1.82) is 0 Å². The van der Waals surface area contributed by atoms with E-state index >= 15 is 0 Å². The Bertz CT molecular complexity index is 706. The molecule has 0 bridgehead atoms. The molecule has 3 heteroatoms. The second-order valence-electron chi connectivity index (χ2n) is 3.63. The SMILES string of the molecule is Cc1cc(=O)oc2ccc3cc[nH]c3c12. The number of hydrogen-bond donors (Lipinski definition) is 1. The van der Waals surface area contributed by atoms with Gasteiger partial charge in [-0.3, -0.25) is 0 Å². The van der Waals surface area contributed by atoms with Crippen LogP contribution in [-0.2, 0) is 0 Å². The van der Waals surface area contributed by atoms with Crippen molar-refractivity contribution in [1.82, 2.24) is 4.98 Å². The lowest BCUT2D eigenvalue weighted by atomic mass is 10.1. The summed E-state index contributed by atoms with van der Waals surface area (Å²) in [6.07, 6.45) is 1.88. The predicted molar refractivity (Wildman–Crippen MR) is 59.1 cm³/mol. The average Bonchev–Trinajstić information content (AvgIpc) is 2.63. The maximum absolute atomic E-state index is 11.2. The molecule has 0 amide bonds. The van der Waals surface area contributed by atoms with E-state index in [-0.39, 0.29) is 5.63 Å². The summed E-state index contributed by atoms with van der Waals surface area (Å²) in [6, 6.07) is 7.29. The minimum Gasteiger partial charge on any atom is -0.423 e. The van der Waals surface area contributed by atoms with Gasteiger partial charge < -0.3 is 9.40 Å². The Kier molecular flexibility index (Phi) is 1.51. The molecule has 0 aliphatic heterocycles. The zero-order valence-corrected chi connectivity index (χ0v) is 8.20. The van der Waals surface area contributed by atoms with Crippen LogP contribution in [0.25, 0.3) is 21.9 Å². The third-order valence-corrected chi connectivity index (χ3v) is 2.63. The first-order valence-corrected chi connectivity index (χ1v) is 4.76. The fourth-order valence-electron chi connectivity index (χ4n) is 1.97. The molecule has 74 valence electrons. The average molecular weight is 199 g/mol. The quantitative estimate of drug-likeness (QED) is 0.565. The lowest BCUT2D eigenvalue weighted by molar-refractivity contribution is 0.560. The molecular weight excluding hydrogens is 190 g/mol. The third kappa shape index (κ3) is 1.09. The number of hydrogen-bond acceptors (Lipinski definition) is 2. The van der Waals surface area contributed by atoms with E-state index in [1.807, 2.05) is 31.3 Å². The van der Waals surface area contributed by atoms with Crippen molar-refractivity contribution in [3.05, 3.63) is 46.4 Å². The van der Waals surface area contributed by atoms with Gasteiger partial charge in [0.1, 0.15) is 5.58 Å². The van der Waals surface area contributed by atoms with Gasteiger partial charge in [0.05, 0.1) is 5.52 Å². The molecule has 0 aliphatic rings. The number of fused-ring (bicyclic) bond motifs is 3. The summed E-state index contributed by atoms with van der Waals surface area (Å²) in [7, 11) is 0. The highest BCUT2D eigenvalue weighted by molar-refractivity contribution is 6.04. The first-order valence-electron chi connectivity index (χ1n) is 4.76. The predicted octanol–water partition coefficient (Wildman–Crippen LogP) is 2.58. The van der Waals surface area contributed by atoms with Gasteiger partial charge in [0.15, 0.2) is 0 Å². The Hall–Kier alpha value is -2.03. The van der Waals surface area contributed by atoms with Crippen LogP contribution >= 0.6 is 0 Å². The molecule has 2 heterocycles. The Balaban J connectivity index is 2.68. The van der Waals surface area contributed by atoms with Crippen molar-refractivity contribution in [2.45, 2.75) is 6.92 Å². The Labute approximate surface area is 85.3 Å². The van der Waals surface area contributed by atoms with Gasteiger partial charge in [-0.05, 0) is 30.7 Å². The van der Waals surface area contributed by atoms with Crippen LogP contribution in [0.2, 0.25) is 0 Å². The van der Waals surface area contributed by atoms with Crippen molar-refractivity contribution >= 4 is 21.9 Å². The smallest absolute Gasteiger partial charge is 0.336 e. The van der Waals surface area contributed by atoms with Gasteiger partial charge in [-0.2, -0.15) is 0 Å². The number of rotatable bonds is 0. The Morgan fingerprint density at radius 2 is 2.13 bits per heavy atom. The summed E-state index contributed by atoms with van der Waals surface area (Å²) >= 11 is 0. The zero-order valence-electron chi connectivity index (χ0n) is 8.20. The molecule has 0 unspecified atom stereocenters. The highest BCUT2D eigenvalue weighted by Crippen LogP contribution is 2.25. The monoisotopic (exact) mass is 199 g/mol. The van der Waals surface area contributed by atoms with E-state index in [9.17, 15) is 4.79 Å². The maximum Gasteiger partial charge on any atom is 0.336 e. The summed E-state index contributed by atoms with van der Waals surface area (Å²) in [5.41, 5.74) is 2.30. The molecule has 0 spiro atoms. The second-order valence-corrected chi connectivity index (χ2v) is 3.63. The molecule has 2 aromatic heterocycles. The molecule has 0 saturated heterocycles. The summed E-state index contributed by atoms with van der Waals surface area (Å²) in [5.74, 6) is 0. The van der Waals surface area contributed by atoms with Gasteiger partial charge in [0.25, 0.3) is 0 Å². The second kappa shape index (κ2) is 2.73. The minimum atomic E-state index is -0.300. The molecule has 0 radical (unpaired) electrons. The molecular formula is C12H9NO2. The largest absolute Gasteiger partial charge is 0.423 e. The molecule has 0 fully saturated rings. The van der Waals surface area contributed by atoms with E-state index in [0.29, 0.717) is 5.58 Å². The minimum absolute atomic E-state index is 0.300. The molecule has 3 aromatic rings. The van der Waals surface area contributed by atoms with Crippen LogP contribution < -0.4 is 5.63 Å². The number of benzene rings is 1. The molecule has 3 rings (SSSR count). The van der Waals surface area contributed by atoms with Crippen LogP contribution in [0, 0.1) is 6.92 Å². The molecule has 3 nitrogen and oxygen atoms in total. The first-order chi connectivity index (χ1) is 7.25. The van der Waals surface area contributed by atoms with Gasteiger partial charge in [-0.15, -0.1) is 0 Å². The van der Waals surface area contributed by atoms with Crippen molar-refractivity contribution in [3.63, 3.8) is 0 Å². The normalized spacial score (nSPS) is 11.3. The van der Waals surface area contributed by atoms with Crippen LogP contribution in [-0.4, -0.2) is 4.98 Å². The number of H-pyrrole nitrogens is 1. The standard InChI is InChI=1S/C12H9NO2/c1-7-6-10(14)15-9-3-2-8-4-5-13-12(8)11(7)9/h2-6,13H,1H3. The van der Waals surface area contributed by atoms with E-state index in [0.717, 1.165) is 21.9 Å². The van der Waals surface area contributed by atoms with E-state index in [1.54, 1.807) is 0 Å². The summed E-state index contributed by atoms with van der Waals surface area (Å²) < 4.78 is 5.14. The van der Waals surface area contributed by atoms with E-state index in [2.05, 4.69) is 4.98 Å². The fourth-order valence-corrected chi connectivity index (χ4v) is 1.97. The summed E-state index contributed by atoms with van der Waals surface area (Å²) in [4.78, 5) is 14.4. The van der Waals surface area contributed by atoms with Crippen molar-refractivity contribution < 1.29 is 4.42 Å². The van der Waals surface area contributed by atoms with Gasteiger partial charge in [0, 0.05) is 23.0 Å². The highest BCUT2D eigenvalue weighted by atomic mass is 16.4. The molecule has 1 N–H and O–H groups in total. The van der Waals surface area contributed by atoms with Crippen molar-refractivity contribution in [3.8, 4) is 0 Å². The lowest BCUT2D eigenvalue weighted by Crippen LogP contribution is -1.97. The van der Waals surface area contributed by atoms with Gasteiger partial charge >= 0.3 is 5.63 Å². The summed E-state index contributed by atoms with van der Waals surface area (Å²) in [5, 5.41) is 2.11. The van der Waals surface area contributed by atoms with Gasteiger partial charge in [-0.1, -0.05) is 0 Å². The van der Waals surface area contributed by atoms with Crippen LogP contribution in [0.4, 0.5) is 0 Å². The molecule has 15 heavy (non-hydrogen) atoms. The first kappa shape index (κ1) is 8.29. The fraction of sp³-hybridized carbons (Fsp3) is 0.0833. The number of aromatic nitrogens is 1. The van der Waals surface area contributed by atoms with Crippen LogP contribution in [0.5, 0.6) is 0 Å². The van der Waals surface area contributed by atoms with Crippen LogP contribution in [0.1, 0.15) is 5.56 Å². The van der Waals surface area contributed by atoms with Crippen molar-refractivity contribution in [2.24, 2.45) is 0 Å². The Morgan fingerprint density at radius 3 is 3.00 bits per heavy atom. The molecule has 1 aromatic carbocycles. The molecule has 0 saturated carbocycles. The van der Waals surface area contributed by atoms with E-state index in [4.69, 9.17) is 4.42 Å². The topological polar surface area (TPSA) is 46.0 Å². The van der Waals surface area contributed by atoms with Crippen LogP contribution in [0.15, 0.2) is 39.7 Å². The Morgan fingerprint density at radius 1 is 1.27 bits per heavy atom. The van der Waals surface area contributed by atoms with Crippen molar-refractivity contribution in [2.75, 3.05) is 0 Å². The number of aromatic amines is 1. The maximum atomic E-state index is 11.2. The van der Waals surface area contributed by atoms with Gasteiger partial charge in [0.2, 0.25) is 0 Å². The number of nitrogens with one attached hydrogen (secondary N) is 1. The molecule has 0 aliphatic carbocycles. The van der Waals surface area contributed by atoms with Crippen LogP contribution in [0.3, 0.4) is 0 Å². The highest BCUT2D eigenvalue weighted by Gasteiger charge is 2.06. The molecule has 0 atom stereocenters. The summed E-state index contributed by atoms with van der Waals surface area (Å²) in [6.45, 7) is 1.92. The van der Waals surface area contributed by atoms with E-state index < -0.39 is 0 Å². The number of aryl methyl sites for hydroxylation is 1.